The minimum absolute atomic E-state index is 0.0271. The molecule has 0 fully saturated rings. The monoisotopic (exact) mass is 318 g/mol. The van der Waals surface area contributed by atoms with E-state index < -0.39 is 29.5 Å². The first-order valence-electron chi connectivity index (χ1n) is 5.63. The van der Waals surface area contributed by atoms with Crippen molar-refractivity contribution in [3.63, 3.8) is 0 Å². The number of ether oxygens (including phenoxy) is 1. The highest BCUT2D eigenvalue weighted by molar-refractivity contribution is 7.86. The number of hydrogen-bond acceptors (Lipinski definition) is 8. The predicted molar refractivity (Wildman–Crippen MR) is 67.2 cm³/mol. The molecule has 0 aliphatic rings. The summed E-state index contributed by atoms with van der Waals surface area (Å²) in [5, 5.41) is 0. The molecule has 114 valence electrons. The van der Waals surface area contributed by atoms with Crippen molar-refractivity contribution in [2.45, 2.75) is 26.6 Å². The van der Waals surface area contributed by atoms with Gasteiger partial charge in [0.2, 0.25) is 0 Å². The molecule has 10 heteroatoms. The summed E-state index contributed by atoms with van der Waals surface area (Å²) in [7, 11) is -8.13. The van der Waals surface area contributed by atoms with Gasteiger partial charge in [0.15, 0.2) is 0 Å². The van der Waals surface area contributed by atoms with Gasteiger partial charge in [-0.3, -0.25) is 4.57 Å². The Morgan fingerprint density at radius 2 is 1.58 bits per heavy atom. The summed E-state index contributed by atoms with van der Waals surface area (Å²) in [6, 6.07) is 0. The highest BCUT2D eigenvalue weighted by Crippen LogP contribution is 2.54. The van der Waals surface area contributed by atoms with E-state index in [1.54, 1.807) is 0 Å². The lowest BCUT2D eigenvalue weighted by atomic mass is 10.7. The van der Waals surface area contributed by atoms with Crippen LogP contribution in [0.5, 0.6) is 0 Å². The lowest BCUT2D eigenvalue weighted by Crippen LogP contribution is -2.30. The van der Waals surface area contributed by atoms with Crippen LogP contribution in [0.2, 0.25) is 0 Å². The van der Waals surface area contributed by atoms with Gasteiger partial charge in [-0.15, -0.1) is 0 Å². The van der Waals surface area contributed by atoms with E-state index in [1.165, 1.54) is 20.8 Å². The molecular formula is C9H19O8PS. The van der Waals surface area contributed by atoms with Gasteiger partial charge in [-0.2, -0.15) is 8.42 Å². The SMILES string of the molecule is CCOC(=O)C(OS(C)(=O)=O)P(=O)(OCC)OCC. The minimum Gasteiger partial charge on any atom is -0.464 e. The van der Waals surface area contributed by atoms with E-state index in [2.05, 4.69) is 8.92 Å². The van der Waals surface area contributed by atoms with Gasteiger partial charge in [0.1, 0.15) is 0 Å². The van der Waals surface area contributed by atoms with Gasteiger partial charge < -0.3 is 13.8 Å². The molecule has 0 radical (unpaired) electrons. The fourth-order valence-corrected chi connectivity index (χ4v) is 3.83. The first-order valence-corrected chi connectivity index (χ1v) is 9.06. The van der Waals surface area contributed by atoms with Crippen LogP contribution in [0, 0.1) is 0 Å². The van der Waals surface area contributed by atoms with E-state index in [1.807, 2.05) is 0 Å². The molecule has 19 heavy (non-hydrogen) atoms. The van der Waals surface area contributed by atoms with Crippen LogP contribution in [0.15, 0.2) is 0 Å². The first kappa shape index (κ1) is 18.5. The highest BCUT2D eigenvalue weighted by Gasteiger charge is 2.46. The molecule has 0 aliphatic carbocycles. The van der Waals surface area contributed by atoms with E-state index in [9.17, 15) is 17.8 Å². The topological polar surface area (TPSA) is 105 Å². The lowest BCUT2D eigenvalue weighted by molar-refractivity contribution is -0.148. The summed E-state index contributed by atoms with van der Waals surface area (Å²) < 4.78 is 53.6. The molecule has 0 saturated carbocycles. The lowest BCUT2D eigenvalue weighted by Gasteiger charge is -2.23. The molecule has 8 nitrogen and oxygen atoms in total. The van der Waals surface area contributed by atoms with Crippen LogP contribution in [-0.2, 0) is 37.4 Å². The highest BCUT2D eigenvalue weighted by atomic mass is 32.2. The summed E-state index contributed by atoms with van der Waals surface area (Å²) in [6.45, 7) is 4.45. The van der Waals surface area contributed by atoms with Crippen molar-refractivity contribution < 1.29 is 35.7 Å². The maximum atomic E-state index is 12.4. The quantitative estimate of drug-likeness (QED) is 0.354. The fraction of sp³-hybridized carbons (Fsp3) is 0.889. The van der Waals surface area contributed by atoms with Crippen LogP contribution in [-0.4, -0.2) is 46.3 Å². The van der Waals surface area contributed by atoms with Gasteiger partial charge in [0.05, 0.1) is 26.1 Å². The maximum absolute atomic E-state index is 12.4. The average molecular weight is 318 g/mol. The third-order valence-corrected chi connectivity index (χ3v) is 4.47. The number of hydrogen-bond donors (Lipinski definition) is 0. The molecule has 0 N–H and O–H groups in total. The molecule has 0 bridgehead atoms. The molecule has 1 unspecified atom stereocenters. The molecule has 0 heterocycles. The van der Waals surface area contributed by atoms with Crippen LogP contribution in [0.25, 0.3) is 0 Å². The Morgan fingerprint density at radius 3 is 1.89 bits per heavy atom. The van der Waals surface area contributed by atoms with Crippen LogP contribution >= 0.6 is 7.60 Å². The van der Waals surface area contributed by atoms with E-state index in [4.69, 9.17) is 9.05 Å². The second-order valence-electron chi connectivity index (χ2n) is 3.28. The smallest absolute Gasteiger partial charge is 0.372 e. The zero-order chi connectivity index (χ0) is 15.1. The van der Waals surface area contributed by atoms with Crippen LogP contribution < -0.4 is 0 Å². The molecular weight excluding hydrogens is 299 g/mol. The van der Waals surface area contributed by atoms with Gasteiger partial charge in [0, 0.05) is 0 Å². The van der Waals surface area contributed by atoms with Crippen molar-refractivity contribution in [2.75, 3.05) is 26.1 Å². The Balaban J connectivity index is 5.39. The Labute approximate surface area is 113 Å². The first-order chi connectivity index (χ1) is 8.70. The third kappa shape index (κ3) is 6.49. The van der Waals surface area contributed by atoms with E-state index >= 15 is 0 Å². The number of carbonyl (C=O) groups is 1. The normalized spacial score (nSPS) is 14.1. The number of carbonyl (C=O) groups excluding carboxylic acids is 1. The van der Waals surface area contributed by atoms with E-state index in [0.29, 0.717) is 0 Å². The van der Waals surface area contributed by atoms with Gasteiger partial charge in [0.25, 0.3) is 16.0 Å². The Morgan fingerprint density at radius 1 is 1.11 bits per heavy atom. The van der Waals surface area contributed by atoms with Crippen molar-refractivity contribution in [2.24, 2.45) is 0 Å². The van der Waals surface area contributed by atoms with Gasteiger partial charge in [-0.1, -0.05) is 0 Å². The molecule has 0 aliphatic heterocycles. The standard InChI is InChI=1S/C9H19O8PS/c1-5-14-8(10)9(17-19(4,12)13)18(11,15-6-2)16-7-3/h9H,5-7H2,1-4H3. The van der Waals surface area contributed by atoms with Gasteiger partial charge in [-0.05, 0) is 20.8 Å². The summed E-state index contributed by atoms with van der Waals surface area (Å²) in [6.07, 6.45) is 0.724. The van der Waals surface area contributed by atoms with Crippen molar-refractivity contribution in [1.29, 1.82) is 0 Å². The minimum atomic E-state index is -4.09. The maximum Gasteiger partial charge on any atom is 0.372 e. The van der Waals surface area contributed by atoms with Crippen LogP contribution in [0.1, 0.15) is 20.8 Å². The molecule has 0 amide bonds. The average Bonchev–Trinajstić information content (AvgIpc) is 2.25. The van der Waals surface area contributed by atoms with Crippen molar-refractivity contribution in [3.8, 4) is 0 Å². The van der Waals surface area contributed by atoms with E-state index in [0.717, 1.165) is 6.26 Å². The molecule has 1 atom stereocenters. The Bertz CT molecular complexity index is 422. The van der Waals surface area contributed by atoms with Crippen LogP contribution in [0.3, 0.4) is 0 Å². The van der Waals surface area contributed by atoms with Crippen LogP contribution in [0.4, 0.5) is 0 Å². The molecule has 0 aromatic carbocycles. The third-order valence-electron chi connectivity index (χ3n) is 1.66. The molecule has 0 aromatic heterocycles. The fourth-order valence-electron chi connectivity index (χ4n) is 1.13. The van der Waals surface area contributed by atoms with Crippen molar-refractivity contribution in [1.82, 2.24) is 0 Å². The number of esters is 1. The predicted octanol–water partition coefficient (Wildman–Crippen LogP) is 1.12. The summed E-state index contributed by atoms with van der Waals surface area (Å²) >= 11 is 0. The Hall–Kier alpha value is -0.470. The zero-order valence-corrected chi connectivity index (χ0v) is 13.0. The molecule has 0 spiro atoms. The summed E-state index contributed by atoms with van der Waals surface area (Å²) in [4.78, 5) is 11.7. The largest absolute Gasteiger partial charge is 0.464 e. The second-order valence-corrected chi connectivity index (χ2v) is 6.95. The Kier molecular flexibility index (Phi) is 7.76. The van der Waals surface area contributed by atoms with Crippen molar-refractivity contribution in [3.05, 3.63) is 0 Å². The summed E-state index contributed by atoms with van der Waals surface area (Å²) in [5.74, 6) is -3.07. The number of rotatable bonds is 9. The molecule has 0 aromatic rings. The van der Waals surface area contributed by atoms with Gasteiger partial charge >= 0.3 is 13.6 Å². The van der Waals surface area contributed by atoms with Crippen molar-refractivity contribution >= 4 is 23.7 Å². The zero-order valence-electron chi connectivity index (χ0n) is 11.3. The molecule has 0 rings (SSSR count). The van der Waals surface area contributed by atoms with Gasteiger partial charge in [-0.25, -0.2) is 8.98 Å². The summed E-state index contributed by atoms with van der Waals surface area (Å²) in [5.41, 5.74) is 0. The second kappa shape index (κ2) is 7.96. The molecule has 0 saturated heterocycles. The van der Waals surface area contributed by atoms with E-state index in [-0.39, 0.29) is 19.8 Å².